The van der Waals surface area contributed by atoms with Gasteiger partial charge in [0.2, 0.25) is 0 Å². The number of ether oxygens (including phenoxy) is 2. The zero-order chi connectivity index (χ0) is 15.2. The Bertz CT molecular complexity index is 490. The van der Waals surface area contributed by atoms with Crippen molar-refractivity contribution in [2.45, 2.75) is 31.5 Å². The summed E-state index contributed by atoms with van der Waals surface area (Å²) in [7, 11) is 1.53. The fourth-order valence-corrected chi connectivity index (χ4v) is 2.55. The molecule has 1 heterocycles. The molecule has 0 unspecified atom stereocenters. The van der Waals surface area contributed by atoms with Crippen LogP contribution in [-0.4, -0.2) is 47.9 Å². The first-order valence-electron chi connectivity index (χ1n) is 6.84. The van der Waals surface area contributed by atoms with Crippen molar-refractivity contribution in [3.63, 3.8) is 0 Å². The number of carbonyl (C=O) groups is 2. The summed E-state index contributed by atoms with van der Waals surface area (Å²) in [6.07, 6.45) is 0.417. The average molecular weight is 293 g/mol. The topological polar surface area (TPSA) is 76.1 Å². The first kappa shape index (κ1) is 15.3. The summed E-state index contributed by atoms with van der Waals surface area (Å²) < 4.78 is 10.3. The molecule has 2 atom stereocenters. The van der Waals surface area contributed by atoms with E-state index in [2.05, 4.69) is 0 Å². The van der Waals surface area contributed by atoms with Gasteiger partial charge in [0.15, 0.2) is 0 Å². The smallest absolute Gasteiger partial charge is 0.411 e. The largest absolute Gasteiger partial charge is 0.480 e. The number of hydrogen-bond donors (Lipinski definition) is 1. The highest BCUT2D eigenvalue weighted by atomic mass is 16.6. The molecular formula is C15H19NO5. The molecule has 6 heteroatoms. The van der Waals surface area contributed by atoms with Crippen molar-refractivity contribution in [2.75, 3.05) is 13.7 Å². The van der Waals surface area contributed by atoms with Crippen molar-refractivity contribution in [1.82, 2.24) is 4.90 Å². The third-order valence-electron chi connectivity index (χ3n) is 3.56. The molecule has 1 aliphatic heterocycles. The van der Waals surface area contributed by atoms with Gasteiger partial charge in [-0.05, 0) is 18.4 Å². The number of methoxy groups -OCH3 is 1. The fourth-order valence-electron chi connectivity index (χ4n) is 2.55. The SMILES string of the molecule is COC[C@@H]1CC[C@H](C(=O)O)N1C(=O)OCc1ccccc1. The third-order valence-corrected chi connectivity index (χ3v) is 3.56. The van der Waals surface area contributed by atoms with E-state index in [1.807, 2.05) is 30.3 Å². The summed E-state index contributed by atoms with van der Waals surface area (Å²) in [5.74, 6) is -1.01. The third kappa shape index (κ3) is 3.72. The van der Waals surface area contributed by atoms with E-state index in [1.165, 1.54) is 12.0 Å². The Morgan fingerprint density at radius 2 is 2.00 bits per heavy atom. The maximum absolute atomic E-state index is 12.2. The molecule has 1 aliphatic rings. The number of rotatable bonds is 5. The number of carbonyl (C=O) groups excluding carboxylic acids is 1. The predicted octanol–water partition coefficient (Wildman–Crippen LogP) is 1.89. The van der Waals surface area contributed by atoms with E-state index in [9.17, 15) is 14.7 Å². The van der Waals surface area contributed by atoms with Gasteiger partial charge >= 0.3 is 12.1 Å². The first-order valence-corrected chi connectivity index (χ1v) is 6.84. The van der Waals surface area contributed by atoms with Crippen LogP contribution in [-0.2, 0) is 20.9 Å². The van der Waals surface area contributed by atoms with Gasteiger partial charge in [0, 0.05) is 7.11 Å². The predicted molar refractivity (Wildman–Crippen MR) is 74.8 cm³/mol. The molecule has 1 saturated heterocycles. The summed E-state index contributed by atoms with van der Waals surface area (Å²) in [6, 6.07) is 8.19. The Balaban J connectivity index is 2.01. The highest BCUT2D eigenvalue weighted by molar-refractivity contribution is 5.81. The Morgan fingerprint density at radius 3 is 2.62 bits per heavy atom. The molecule has 0 bridgehead atoms. The lowest BCUT2D eigenvalue weighted by Crippen LogP contribution is -2.46. The van der Waals surface area contributed by atoms with Crippen molar-refractivity contribution in [1.29, 1.82) is 0 Å². The van der Waals surface area contributed by atoms with Crippen molar-refractivity contribution in [3.8, 4) is 0 Å². The van der Waals surface area contributed by atoms with Crippen LogP contribution in [0.4, 0.5) is 4.79 Å². The van der Waals surface area contributed by atoms with Crippen LogP contribution in [0.5, 0.6) is 0 Å². The van der Waals surface area contributed by atoms with Crippen LogP contribution in [0.2, 0.25) is 0 Å². The van der Waals surface area contributed by atoms with Crippen molar-refractivity contribution >= 4 is 12.1 Å². The van der Waals surface area contributed by atoms with Gasteiger partial charge in [-0.2, -0.15) is 0 Å². The lowest BCUT2D eigenvalue weighted by Gasteiger charge is -2.27. The van der Waals surface area contributed by atoms with Crippen molar-refractivity contribution < 1.29 is 24.2 Å². The lowest BCUT2D eigenvalue weighted by atomic mass is 10.2. The molecule has 1 aromatic carbocycles. The quantitative estimate of drug-likeness (QED) is 0.897. The molecule has 114 valence electrons. The van der Waals surface area contributed by atoms with E-state index in [1.54, 1.807) is 0 Å². The highest BCUT2D eigenvalue weighted by Gasteiger charge is 2.41. The summed E-state index contributed by atoms with van der Waals surface area (Å²) in [6.45, 7) is 0.437. The van der Waals surface area contributed by atoms with Crippen LogP contribution < -0.4 is 0 Å². The number of likely N-dealkylation sites (tertiary alicyclic amines) is 1. The average Bonchev–Trinajstić information content (AvgIpc) is 2.90. The number of benzene rings is 1. The minimum atomic E-state index is -1.01. The highest BCUT2D eigenvalue weighted by Crippen LogP contribution is 2.26. The molecule has 21 heavy (non-hydrogen) atoms. The van der Waals surface area contributed by atoms with Gasteiger partial charge < -0.3 is 14.6 Å². The van der Waals surface area contributed by atoms with E-state index in [-0.39, 0.29) is 12.6 Å². The van der Waals surface area contributed by atoms with Gasteiger partial charge in [0.1, 0.15) is 12.6 Å². The Labute approximate surface area is 123 Å². The van der Waals surface area contributed by atoms with Crippen molar-refractivity contribution in [3.05, 3.63) is 35.9 Å². The Hall–Kier alpha value is -2.08. The number of nitrogens with zero attached hydrogens (tertiary/aromatic N) is 1. The molecule has 0 aromatic heterocycles. The molecule has 6 nitrogen and oxygen atoms in total. The molecule has 1 amide bonds. The van der Waals surface area contributed by atoms with Gasteiger partial charge in [0.05, 0.1) is 12.6 Å². The molecule has 1 fully saturated rings. The van der Waals surface area contributed by atoms with Gasteiger partial charge in [0.25, 0.3) is 0 Å². The standard InChI is InChI=1S/C15H19NO5/c1-20-10-12-7-8-13(14(17)18)16(12)15(19)21-9-11-5-3-2-4-6-11/h2-6,12-13H,7-10H2,1H3,(H,17,18)/t12-,13+/m0/s1. The maximum atomic E-state index is 12.2. The second kappa shape index (κ2) is 7.08. The number of aliphatic carboxylic acids is 1. The lowest BCUT2D eigenvalue weighted by molar-refractivity contribution is -0.142. The molecular weight excluding hydrogens is 274 g/mol. The monoisotopic (exact) mass is 293 g/mol. The molecule has 0 spiro atoms. The van der Waals surface area contributed by atoms with E-state index >= 15 is 0 Å². The summed E-state index contributed by atoms with van der Waals surface area (Å²) in [4.78, 5) is 24.7. The van der Waals surface area contributed by atoms with Crippen LogP contribution in [0.3, 0.4) is 0 Å². The van der Waals surface area contributed by atoms with Crippen LogP contribution in [0.1, 0.15) is 18.4 Å². The second-order valence-electron chi connectivity index (χ2n) is 4.99. The molecule has 0 saturated carbocycles. The van der Waals surface area contributed by atoms with Crippen LogP contribution >= 0.6 is 0 Å². The summed E-state index contributed by atoms with van der Waals surface area (Å²) in [5.41, 5.74) is 0.861. The normalized spacial score (nSPS) is 21.3. The van der Waals surface area contributed by atoms with Gasteiger partial charge in [-0.3, -0.25) is 4.90 Å². The zero-order valence-electron chi connectivity index (χ0n) is 11.9. The van der Waals surface area contributed by atoms with Crippen LogP contribution in [0.25, 0.3) is 0 Å². The van der Waals surface area contributed by atoms with Crippen LogP contribution in [0, 0.1) is 0 Å². The van der Waals surface area contributed by atoms with E-state index in [0.29, 0.717) is 19.4 Å². The van der Waals surface area contributed by atoms with E-state index in [0.717, 1.165) is 5.56 Å². The van der Waals surface area contributed by atoms with Gasteiger partial charge in [-0.25, -0.2) is 9.59 Å². The van der Waals surface area contributed by atoms with Gasteiger partial charge in [-0.15, -0.1) is 0 Å². The molecule has 0 radical (unpaired) electrons. The van der Waals surface area contributed by atoms with Crippen LogP contribution in [0.15, 0.2) is 30.3 Å². The molecule has 1 aromatic rings. The van der Waals surface area contributed by atoms with Crippen molar-refractivity contribution in [2.24, 2.45) is 0 Å². The number of carboxylic acids is 1. The van der Waals surface area contributed by atoms with E-state index in [4.69, 9.17) is 9.47 Å². The summed E-state index contributed by atoms with van der Waals surface area (Å²) in [5, 5.41) is 9.21. The molecule has 2 rings (SSSR count). The Morgan fingerprint density at radius 1 is 1.29 bits per heavy atom. The first-order chi connectivity index (χ1) is 10.1. The fraction of sp³-hybridized carbons (Fsp3) is 0.467. The second-order valence-corrected chi connectivity index (χ2v) is 4.99. The molecule has 0 aliphatic carbocycles. The molecule has 1 N–H and O–H groups in total. The minimum absolute atomic E-state index is 0.127. The zero-order valence-corrected chi connectivity index (χ0v) is 11.9. The van der Waals surface area contributed by atoms with Gasteiger partial charge in [-0.1, -0.05) is 30.3 Å². The maximum Gasteiger partial charge on any atom is 0.411 e. The number of carboxylic acid groups (broad SMARTS) is 1. The number of amides is 1. The summed E-state index contributed by atoms with van der Waals surface area (Å²) >= 11 is 0. The minimum Gasteiger partial charge on any atom is -0.480 e. The number of hydrogen-bond acceptors (Lipinski definition) is 4. The van der Waals surface area contributed by atoms with E-state index < -0.39 is 18.1 Å². The Kier molecular flexibility index (Phi) is 5.16.